The highest BCUT2D eigenvalue weighted by Crippen LogP contribution is 2.33. The first-order chi connectivity index (χ1) is 15.3. The zero-order valence-electron chi connectivity index (χ0n) is 17.1. The number of aromatic nitrogens is 1. The van der Waals surface area contributed by atoms with Crippen molar-refractivity contribution in [3.05, 3.63) is 82.6 Å². The molecule has 4 nitrogen and oxygen atoms in total. The number of carbonyl (C=O) groups is 1. The lowest BCUT2D eigenvalue weighted by Crippen LogP contribution is -2.42. The van der Waals surface area contributed by atoms with Gasteiger partial charge in [0.05, 0.1) is 10.7 Å². The van der Waals surface area contributed by atoms with Crippen molar-refractivity contribution in [3.8, 4) is 11.1 Å². The van der Waals surface area contributed by atoms with Crippen LogP contribution in [0.15, 0.2) is 60.9 Å². The van der Waals surface area contributed by atoms with Gasteiger partial charge in [0.2, 0.25) is 0 Å². The third kappa shape index (κ3) is 4.88. The lowest BCUT2D eigenvalue weighted by atomic mass is 10.0. The topological polar surface area (TPSA) is 45.2 Å². The highest BCUT2D eigenvalue weighted by Gasteiger charge is 2.42. The van der Waals surface area contributed by atoms with Crippen LogP contribution in [0.2, 0.25) is 5.02 Å². The van der Waals surface area contributed by atoms with Crippen LogP contribution in [0.25, 0.3) is 11.1 Å². The van der Waals surface area contributed by atoms with Crippen LogP contribution < -0.4 is 5.32 Å². The van der Waals surface area contributed by atoms with Gasteiger partial charge in [0.15, 0.2) is 0 Å². The van der Waals surface area contributed by atoms with Gasteiger partial charge in [-0.1, -0.05) is 41.9 Å². The van der Waals surface area contributed by atoms with Gasteiger partial charge in [0, 0.05) is 32.0 Å². The first-order valence-electron chi connectivity index (χ1n) is 10.2. The van der Waals surface area contributed by atoms with E-state index in [2.05, 4.69) is 10.3 Å². The molecule has 0 unspecified atom stereocenters. The number of halogens is 4. The number of nitrogens with one attached hydrogen (secondary N) is 1. The summed E-state index contributed by atoms with van der Waals surface area (Å²) in [5.74, 6) is -1.79. The van der Waals surface area contributed by atoms with Crippen molar-refractivity contribution in [1.82, 2.24) is 9.88 Å². The molecule has 1 N–H and O–H groups in total. The first-order valence-corrected chi connectivity index (χ1v) is 10.6. The molecule has 4 rings (SSSR count). The molecule has 0 bridgehead atoms. The molecule has 0 saturated carbocycles. The Labute approximate surface area is 189 Å². The van der Waals surface area contributed by atoms with Crippen molar-refractivity contribution in [1.29, 1.82) is 0 Å². The van der Waals surface area contributed by atoms with Gasteiger partial charge in [0.25, 0.3) is 0 Å². The van der Waals surface area contributed by atoms with E-state index in [-0.39, 0.29) is 13.1 Å². The van der Waals surface area contributed by atoms with Crippen LogP contribution in [-0.4, -0.2) is 35.1 Å². The minimum atomic E-state index is -4.86. The summed E-state index contributed by atoms with van der Waals surface area (Å²) in [5.41, 5.74) is 5.68. The fraction of sp³-hybridized carbons (Fsp3) is 0.250. The average Bonchev–Trinajstić information content (AvgIpc) is 3.01. The molecule has 8 heteroatoms. The molecule has 32 heavy (non-hydrogen) atoms. The molecular weight excluding hydrogens is 439 g/mol. The number of nitrogens with zero attached hydrogens (tertiary/aromatic N) is 2. The number of carbonyl (C=O) groups excluding carboxylic acids is 1. The van der Waals surface area contributed by atoms with Crippen molar-refractivity contribution >= 4 is 23.2 Å². The Hall–Kier alpha value is -3.06. The summed E-state index contributed by atoms with van der Waals surface area (Å²) in [4.78, 5) is 16.6. The highest BCUT2D eigenvalue weighted by molar-refractivity contribution is 6.33. The lowest BCUT2D eigenvalue weighted by Gasteiger charge is -2.21. The molecule has 3 aromatic rings. The standard InChI is InChI=1S/C24H21ClF3N3O/c25-21-6-5-19-9-13-31(23(32)24(26,27)28)14-10-20(19)22(21)30-15-16-1-3-17(4-2-16)18-7-11-29-12-8-18/h1-8,11-12,30H,9-10,13-15H2. The Morgan fingerprint density at radius 3 is 2.31 bits per heavy atom. The number of rotatable bonds is 4. The minimum absolute atomic E-state index is 0.000987. The summed E-state index contributed by atoms with van der Waals surface area (Å²) in [6.45, 7) is 0.544. The number of benzene rings is 2. The molecule has 0 fully saturated rings. The van der Waals surface area contributed by atoms with Gasteiger partial charge < -0.3 is 10.2 Å². The van der Waals surface area contributed by atoms with E-state index in [4.69, 9.17) is 11.6 Å². The quantitative estimate of drug-likeness (QED) is 0.560. The normalized spacial score (nSPS) is 13.9. The fourth-order valence-electron chi connectivity index (χ4n) is 3.92. The zero-order chi connectivity index (χ0) is 22.7. The number of alkyl halides is 3. The van der Waals surface area contributed by atoms with Crippen molar-refractivity contribution in [2.45, 2.75) is 25.6 Å². The largest absolute Gasteiger partial charge is 0.471 e. The second kappa shape index (κ2) is 9.20. The summed E-state index contributed by atoms with van der Waals surface area (Å²) < 4.78 is 38.6. The third-order valence-corrected chi connectivity index (χ3v) is 5.92. The summed E-state index contributed by atoms with van der Waals surface area (Å²) in [6.07, 6.45) is -0.711. The average molecular weight is 460 g/mol. The zero-order valence-corrected chi connectivity index (χ0v) is 17.9. The Kier molecular flexibility index (Phi) is 6.37. The van der Waals surface area contributed by atoms with Crippen LogP contribution in [0.5, 0.6) is 0 Å². The maximum absolute atomic E-state index is 12.9. The number of anilines is 1. The van der Waals surface area contributed by atoms with Crippen molar-refractivity contribution in [3.63, 3.8) is 0 Å². The van der Waals surface area contributed by atoms with Gasteiger partial charge >= 0.3 is 12.1 Å². The summed E-state index contributed by atoms with van der Waals surface area (Å²) in [7, 11) is 0. The Morgan fingerprint density at radius 2 is 1.62 bits per heavy atom. The minimum Gasteiger partial charge on any atom is -0.380 e. The van der Waals surface area contributed by atoms with Crippen molar-refractivity contribution in [2.75, 3.05) is 18.4 Å². The SMILES string of the molecule is O=C(N1CCc2ccc(Cl)c(NCc3ccc(-c4ccncc4)cc3)c2CC1)C(F)(F)F. The molecule has 1 aromatic heterocycles. The summed E-state index contributed by atoms with van der Waals surface area (Å²) in [5, 5.41) is 3.86. The van der Waals surface area contributed by atoms with E-state index in [1.807, 2.05) is 42.5 Å². The number of pyridine rings is 1. The smallest absolute Gasteiger partial charge is 0.380 e. The molecule has 0 saturated heterocycles. The number of fused-ring (bicyclic) bond motifs is 1. The molecule has 0 spiro atoms. The van der Waals surface area contributed by atoms with E-state index >= 15 is 0 Å². The number of hydrogen-bond acceptors (Lipinski definition) is 3. The molecule has 1 aliphatic heterocycles. The van der Waals surface area contributed by atoms with E-state index in [0.717, 1.165) is 32.7 Å². The lowest BCUT2D eigenvalue weighted by molar-refractivity contribution is -0.185. The van der Waals surface area contributed by atoms with Gasteiger partial charge in [-0.2, -0.15) is 13.2 Å². The fourth-order valence-corrected chi connectivity index (χ4v) is 4.16. The number of hydrogen-bond donors (Lipinski definition) is 1. The summed E-state index contributed by atoms with van der Waals surface area (Å²) >= 11 is 6.43. The second-order valence-corrected chi connectivity index (χ2v) is 8.04. The molecule has 0 atom stereocenters. The van der Waals surface area contributed by atoms with Gasteiger partial charge in [-0.3, -0.25) is 9.78 Å². The van der Waals surface area contributed by atoms with E-state index in [0.29, 0.717) is 30.1 Å². The van der Waals surface area contributed by atoms with E-state index in [9.17, 15) is 18.0 Å². The van der Waals surface area contributed by atoms with E-state index < -0.39 is 12.1 Å². The Bertz CT molecular complexity index is 1100. The maximum atomic E-state index is 12.9. The molecule has 0 radical (unpaired) electrons. The van der Waals surface area contributed by atoms with E-state index in [1.165, 1.54) is 0 Å². The molecule has 2 aromatic carbocycles. The predicted molar refractivity (Wildman–Crippen MR) is 118 cm³/mol. The second-order valence-electron chi connectivity index (χ2n) is 7.64. The van der Waals surface area contributed by atoms with Gasteiger partial charge in [0.1, 0.15) is 0 Å². The van der Waals surface area contributed by atoms with Gasteiger partial charge in [-0.05, 0) is 58.9 Å². The van der Waals surface area contributed by atoms with Crippen molar-refractivity contribution in [2.24, 2.45) is 0 Å². The van der Waals surface area contributed by atoms with Gasteiger partial charge in [-0.15, -0.1) is 0 Å². The van der Waals surface area contributed by atoms with Crippen LogP contribution >= 0.6 is 11.6 Å². The molecule has 0 aliphatic carbocycles. The molecule has 2 heterocycles. The van der Waals surface area contributed by atoms with Crippen molar-refractivity contribution < 1.29 is 18.0 Å². The van der Waals surface area contributed by atoms with Crippen LogP contribution in [0.1, 0.15) is 16.7 Å². The maximum Gasteiger partial charge on any atom is 0.471 e. The molecule has 1 amide bonds. The van der Waals surface area contributed by atoms with Crippen LogP contribution in [0.3, 0.4) is 0 Å². The molecule has 1 aliphatic rings. The highest BCUT2D eigenvalue weighted by atomic mass is 35.5. The van der Waals surface area contributed by atoms with Crippen LogP contribution in [0, 0.1) is 0 Å². The Morgan fingerprint density at radius 1 is 0.969 bits per heavy atom. The molecular formula is C24H21ClF3N3O. The van der Waals surface area contributed by atoms with Gasteiger partial charge in [-0.25, -0.2) is 0 Å². The Balaban J connectivity index is 1.48. The third-order valence-electron chi connectivity index (χ3n) is 5.61. The van der Waals surface area contributed by atoms with Crippen LogP contribution in [0.4, 0.5) is 18.9 Å². The first kappa shape index (κ1) is 22.1. The molecule has 166 valence electrons. The number of amides is 1. The van der Waals surface area contributed by atoms with Crippen LogP contribution in [-0.2, 0) is 24.2 Å². The van der Waals surface area contributed by atoms with E-state index in [1.54, 1.807) is 18.5 Å². The predicted octanol–water partition coefficient (Wildman–Crippen LogP) is 5.50. The monoisotopic (exact) mass is 459 g/mol. The summed E-state index contributed by atoms with van der Waals surface area (Å²) in [6, 6.07) is 15.5.